The van der Waals surface area contributed by atoms with Crippen LogP contribution in [-0.4, -0.2) is 70.0 Å². The van der Waals surface area contributed by atoms with Gasteiger partial charge in [0, 0.05) is 6.07 Å². The van der Waals surface area contributed by atoms with Crippen LogP contribution in [0.5, 0.6) is 17.2 Å². The second-order valence-corrected chi connectivity index (χ2v) is 7.34. The van der Waals surface area contributed by atoms with E-state index in [9.17, 15) is 30.3 Å². The molecule has 0 bridgehead atoms. The Bertz CT molecular complexity index is 1150. The second-order valence-electron chi connectivity index (χ2n) is 7.34. The molecule has 1 aliphatic heterocycles. The molecule has 0 amide bonds. The summed E-state index contributed by atoms with van der Waals surface area (Å²) in [5, 5.41) is 49.1. The van der Waals surface area contributed by atoms with Crippen molar-refractivity contribution in [3.05, 3.63) is 52.9 Å². The lowest BCUT2D eigenvalue weighted by Gasteiger charge is -2.39. The van der Waals surface area contributed by atoms with Crippen LogP contribution in [0.15, 0.2) is 51.9 Å². The number of hydrogen-bond donors (Lipinski definition) is 5. The molecule has 3 aromatic rings. The van der Waals surface area contributed by atoms with Crippen LogP contribution in [0.4, 0.5) is 0 Å². The minimum atomic E-state index is -1.61. The molecule has 0 saturated carbocycles. The predicted octanol–water partition coefficient (Wildman–Crippen LogP) is 0.353. The van der Waals surface area contributed by atoms with E-state index in [0.29, 0.717) is 5.56 Å². The zero-order chi connectivity index (χ0) is 23.0. The van der Waals surface area contributed by atoms with Crippen molar-refractivity contribution in [3.63, 3.8) is 0 Å². The van der Waals surface area contributed by atoms with E-state index in [1.54, 1.807) is 12.1 Å². The van der Waals surface area contributed by atoms with Gasteiger partial charge in [0.15, 0.2) is 11.5 Å². The molecule has 1 fully saturated rings. The summed E-state index contributed by atoms with van der Waals surface area (Å²) in [6, 6.07) is 8.86. The van der Waals surface area contributed by atoms with Crippen LogP contribution in [0.25, 0.3) is 22.1 Å². The minimum Gasteiger partial charge on any atom is -0.508 e. The Hall–Kier alpha value is -3.15. The first-order chi connectivity index (χ1) is 15.3. The molecule has 2 aromatic carbocycles. The molecule has 5 N–H and O–H groups in total. The number of rotatable bonds is 5. The second kappa shape index (κ2) is 8.77. The van der Waals surface area contributed by atoms with E-state index in [1.165, 1.54) is 37.6 Å². The van der Waals surface area contributed by atoms with Gasteiger partial charge in [-0.1, -0.05) is 12.1 Å². The first-order valence-corrected chi connectivity index (χ1v) is 9.74. The van der Waals surface area contributed by atoms with Crippen LogP contribution in [0.2, 0.25) is 0 Å². The number of fused-ring (bicyclic) bond motifs is 1. The Labute approximate surface area is 181 Å². The van der Waals surface area contributed by atoms with E-state index in [2.05, 4.69) is 0 Å². The lowest BCUT2D eigenvalue weighted by atomic mass is 9.99. The van der Waals surface area contributed by atoms with Crippen molar-refractivity contribution in [2.45, 2.75) is 30.7 Å². The number of methoxy groups -OCH3 is 1. The summed E-state index contributed by atoms with van der Waals surface area (Å²) in [6.45, 7) is -0.603. The smallest absolute Gasteiger partial charge is 0.229 e. The fourth-order valence-corrected chi connectivity index (χ4v) is 3.52. The molecule has 0 radical (unpaired) electrons. The average Bonchev–Trinajstić information content (AvgIpc) is 2.80. The highest BCUT2D eigenvalue weighted by atomic mass is 16.7. The maximum atomic E-state index is 13.0. The summed E-state index contributed by atoms with van der Waals surface area (Å²) < 4.78 is 21.9. The third kappa shape index (κ3) is 3.90. The topological polar surface area (TPSA) is 159 Å². The van der Waals surface area contributed by atoms with Crippen LogP contribution in [0.1, 0.15) is 0 Å². The van der Waals surface area contributed by atoms with E-state index < -0.39 is 37.3 Å². The molecule has 5 atom stereocenters. The van der Waals surface area contributed by atoms with Gasteiger partial charge in [-0.25, -0.2) is 0 Å². The summed E-state index contributed by atoms with van der Waals surface area (Å²) in [5.74, 6) is 0.241. The molecule has 0 unspecified atom stereocenters. The minimum absolute atomic E-state index is 0.0462. The molecule has 4 rings (SSSR count). The first kappa shape index (κ1) is 22.1. The summed E-state index contributed by atoms with van der Waals surface area (Å²) in [6.07, 6.45) is -6.04. The Kier molecular flexibility index (Phi) is 6.04. The molecule has 10 nitrogen and oxygen atoms in total. The van der Waals surface area contributed by atoms with Gasteiger partial charge in [-0.3, -0.25) is 4.79 Å². The van der Waals surface area contributed by atoms with Crippen molar-refractivity contribution in [1.82, 2.24) is 0 Å². The zero-order valence-electron chi connectivity index (χ0n) is 16.9. The number of phenols is 1. The normalized spacial score (nSPS) is 25.6. The van der Waals surface area contributed by atoms with Gasteiger partial charge in [0.1, 0.15) is 42.0 Å². The van der Waals surface area contributed by atoms with Gasteiger partial charge in [-0.15, -0.1) is 0 Å². The Morgan fingerprint density at radius 2 is 1.72 bits per heavy atom. The zero-order valence-corrected chi connectivity index (χ0v) is 16.9. The van der Waals surface area contributed by atoms with Crippen LogP contribution >= 0.6 is 0 Å². The molecule has 1 saturated heterocycles. The van der Waals surface area contributed by atoms with E-state index in [1.807, 2.05) is 0 Å². The molecule has 0 spiro atoms. The van der Waals surface area contributed by atoms with Crippen LogP contribution in [-0.2, 0) is 4.74 Å². The van der Waals surface area contributed by atoms with Crippen LogP contribution in [0.3, 0.4) is 0 Å². The van der Waals surface area contributed by atoms with Gasteiger partial charge in [0.05, 0.1) is 24.7 Å². The third-order valence-electron chi connectivity index (χ3n) is 5.33. The molecular formula is C22H22O10. The quantitative estimate of drug-likeness (QED) is 0.370. The van der Waals surface area contributed by atoms with Gasteiger partial charge in [0.2, 0.25) is 11.7 Å². The highest BCUT2D eigenvalue weighted by Gasteiger charge is 2.45. The maximum absolute atomic E-state index is 13.0. The molecule has 0 aliphatic carbocycles. The molecule has 1 aromatic heterocycles. The van der Waals surface area contributed by atoms with E-state index in [0.717, 1.165) is 0 Å². The summed E-state index contributed by atoms with van der Waals surface area (Å²) >= 11 is 0. The fourth-order valence-electron chi connectivity index (χ4n) is 3.52. The van der Waals surface area contributed by atoms with Crippen molar-refractivity contribution < 1.29 is 44.2 Å². The summed E-state index contributed by atoms with van der Waals surface area (Å²) in [4.78, 5) is 13.0. The van der Waals surface area contributed by atoms with Crippen LogP contribution < -0.4 is 14.9 Å². The largest absolute Gasteiger partial charge is 0.508 e. The number of aromatic hydroxyl groups is 1. The molecule has 2 heterocycles. The molecule has 170 valence electrons. The fraction of sp³-hybridized carbons (Fsp3) is 0.318. The van der Waals surface area contributed by atoms with Crippen molar-refractivity contribution in [1.29, 1.82) is 0 Å². The highest BCUT2D eigenvalue weighted by Crippen LogP contribution is 2.35. The van der Waals surface area contributed by atoms with Gasteiger partial charge in [0.25, 0.3) is 0 Å². The lowest BCUT2D eigenvalue weighted by Crippen LogP contribution is -2.60. The molecule has 1 aliphatic rings. The third-order valence-corrected chi connectivity index (χ3v) is 5.33. The van der Waals surface area contributed by atoms with Crippen molar-refractivity contribution in [2.75, 3.05) is 13.7 Å². The van der Waals surface area contributed by atoms with E-state index in [4.69, 9.17) is 18.6 Å². The van der Waals surface area contributed by atoms with Crippen LogP contribution in [0, 0.1) is 0 Å². The van der Waals surface area contributed by atoms with Gasteiger partial charge in [-0.2, -0.15) is 0 Å². The first-order valence-electron chi connectivity index (χ1n) is 9.74. The van der Waals surface area contributed by atoms with Crippen molar-refractivity contribution in [3.8, 4) is 28.4 Å². The Balaban J connectivity index is 1.71. The Morgan fingerprint density at radius 1 is 1.00 bits per heavy atom. The number of aliphatic hydroxyl groups excluding tert-OH is 4. The monoisotopic (exact) mass is 446 g/mol. The number of benzene rings is 2. The molecular weight excluding hydrogens is 424 g/mol. The van der Waals surface area contributed by atoms with Crippen molar-refractivity contribution >= 4 is 11.0 Å². The molecule has 10 heteroatoms. The van der Waals surface area contributed by atoms with Gasteiger partial charge in [-0.05, 0) is 23.8 Å². The number of phenolic OH excluding ortho intramolecular Hbond substituents is 1. The standard InChI is InChI=1S/C22H22O10/c1-29-15-6-12-14(30-9-13(18(12)25)10-2-4-11(24)5-3-10)7-16(15)31-22-21(28)20(27)19(26)17(8-23)32-22/h2-7,9,17,19-24,26-28H,8H2,1H3/t17-,19-,20+,21-,22+/m1/s1. The van der Waals surface area contributed by atoms with E-state index >= 15 is 0 Å². The summed E-state index contributed by atoms with van der Waals surface area (Å²) in [5.41, 5.74) is 0.661. The number of hydrogen-bond acceptors (Lipinski definition) is 10. The average molecular weight is 446 g/mol. The Morgan fingerprint density at radius 3 is 2.38 bits per heavy atom. The summed E-state index contributed by atoms with van der Waals surface area (Å²) in [7, 11) is 1.35. The lowest BCUT2D eigenvalue weighted by molar-refractivity contribution is -0.277. The molecule has 32 heavy (non-hydrogen) atoms. The highest BCUT2D eigenvalue weighted by molar-refractivity contribution is 5.84. The maximum Gasteiger partial charge on any atom is 0.229 e. The number of aliphatic hydroxyl groups is 4. The van der Waals surface area contributed by atoms with Crippen molar-refractivity contribution in [2.24, 2.45) is 0 Å². The van der Waals surface area contributed by atoms with E-state index in [-0.39, 0.29) is 39.2 Å². The number of ether oxygens (including phenoxy) is 3. The predicted molar refractivity (Wildman–Crippen MR) is 111 cm³/mol. The van der Waals surface area contributed by atoms with Gasteiger partial charge < -0.3 is 44.2 Å². The van der Waals surface area contributed by atoms with Gasteiger partial charge >= 0.3 is 0 Å². The SMILES string of the molecule is COc1cc2c(=O)c(-c3ccc(O)cc3)coc2cc1O[C@H]1O[C@H](CO)[C@@H](O)[C@H](O)[C@H]1O.